The average Bonchev–Trinajstić information content (AvgIpc) is 2.59. The summed E-state index contributed by atoms with van der Waals surface area (Å²) in [5, 5.41) is 0. The fourth-order valence-corrected chi connectivity index (χ4v) is 2.52. The van der Waals surface area contributed by atoms with Gasteiger partial charge in [0.25, 0.3) is 0 Å². The van der Waals surface area contributed by atoms with Gasteiger partial charge in [-0.05, 0) is 33.3 Å². The van der Waals surface area contributed by atoms with Gasteiger partial charge >= 0.3 is 0 Å². The van der Waals surface area contributed by atoms with Gasteiger partial charge in [0, 0.05) is 24.7 Å². The SMILES string of the molecule is C=CC.C=CCc1cc(OCC)c(N2CCOCC2)cc1OCC. The van der Waals surface area contributed by atoms with E-state index in [1.807, 2.05) is 26.8 Å². The van der Waals surface area contributed by atoms with Crippen LogP contribution in [0.25, 0.3) is 0 Å². The van der Waals surface area contributed by atoms with Gasteiger partial charge in [0.05, 0.1) is 32.1 Å². The summed E-state index contributed by atoms with van der Waals surface area (Å²) in [5.74, 6) is 1.84. The summed E-state index contributed by atoms with van der Waals surface area (Å²) in [5.41, 5.74) is 2.21. The fraction of sp³-hybridized carbons (Fsp3) is 0.500. The highest BCUT2D eigenvalue weighted by Gasteiger charge is 2.19. The Kier molecular flexibility index (Phi) is 9.70. The van der Waals surface area contributed by atoms with E-state index in [1.54, 1.807) is 6.08 Å². The number of benzene rings is 1. The minimum Gasteiger partial charge on any atom is -0.494 e. The lowest BCUT2D eigenvalue weighted by atomic mass is 10.1. The van der Waals surface area contributed by atoms with Gasteiger partial charge in [-0.2, -0.15) is 0 Å². The number of morpholine rings is 1. The first-order valence-electron chi connectivity index (χ1n) is 8.64. The summed E-state index contributed by atoms with van der Waals surface area (Å²) in [7, 11) is 0. The zero-order valence-corrected chi connectivity index (χ0v) is 15.3. The second-order valence-electron chi connectivity index (χ2n) is 5.29. The zero-order valence-electron chi connectivity index (χ0n) is 15.3. The molecule has 134 valence electrons. The second-order valence-corrected chi connectivity index (χ2v) is 5.29. The van der Waals surface area contributed by atoms with Gasteiger partial charge in [-0.1, -0.05) is 12.2 Å². The summed E-state index contributed by atoms with van der Waals surface area (Å²) in [6, 6.07) is 4.18. The zero-order chi connectivity index (χ0) is 17.8. The molecule has 1 saturated heterocycles. The normalized spacial score (nSPS) is 13.5. The smallest absolute Gasteiger partial charge is 0.143 e. The summed E-state index contributed by atoms with van der Waals surface area (Å²) < 4.78 is 17.1. The number of nitrogens with zero attached hydrogens (tertiary/aromatic N) is 1. The second kappa shape index (κ2) is 11.6. The Morgan fingerprint density at radius 1 is 1.08 bits per heavy atom. The van der Waals surface area contributed by atoms with Crippen LogP contribution in [0.1, 0.15) is 26.3 Å². The van der Waals surface area contributed by atoms with Crippen LogP contribution in [0.3, 0.4) is 0 Å². The lowest BCUT2D eigenvalue weighted by molar-refractivity contribution is 0.122. The molecule has 0 bridgehead atoms. The lowest BCUT2D eigenvalue weighted by Crippen LogP contribution is -2.36. The van der Waals surface area contributed by atoms with E-state index in [0.29, 0.717) is 13.2 Å². The van der Waals surface area contributed by atoms with Gasteiger partial charge in [-0.3, -0.25) is 0 Å². The van der Waals surface area contributed by atoms with Crippen molar-refractivity contribution in [1.29, 1.82) is 0 Å². The van der Waals surface area contributed by atoms with E-state index < -0.39 is 0 Å². The van der Waals surface area contributed by atoms with Crippen molar-refractivity contribution >= 4 is 5.69 Å². The van der Waals surface area contributed by atoms with Crippen LogP contribution in [0.2, 0.25) is 0 Å². The highest BCUT2D eigenvalue weighted by atomic mass is 16.5. The molecule has 4 heteroatoms. The van der Waals surface area contributed by atoms with Gasteiger partial charge in [0.2, 0.25) is 0 Å². The molecule has 0 aromatic heterocycles. The molecule has 2 rings (SSSR count). The van der Waals surface area contributed by atoms with Crippen molar-refractivity contribution in [2.24, 2.45) is 0 Å². The molecule has 0 N–H and O–H groups in total. The average molecular weight is 333 g/mol. The van der Waals surface area contributed by atoms with Gasteiger partial charge < -0.3 is 19.1 Å². The number of hydrogen-bond donors (Lipinski definition) is 0. The van der Waals surface area contributed by atoms with E-state index in [0.717, 1.165) is 55.5 Å². The Morgan fingerprint density at radius 3 is 2.21 bits per heavy atom. The van der Waals surface area contributed by atoms with Crippen molar-refractivity contribution in [3.63, 3.8) is 0 Å². The molecule has 0 spiro atoms. The molecule has 0 atom stereocenters. The van der Waals surface area contributed by atoms with E-state index in [1.165, 1.54) is 0 Å². The molecule has 1 aliphatic heterocycles. The molecule has 24 heavy (non-hydrogen) atoms. The van der Waals surface area contributed by atoms with Crippen molar-refractivity contribution in [2.45, 2.75) is 27.2 Å². The quantitative estimate of drug-likeness (QED) is 0.698. The highest BCUT2D eigenvalue weighted by molar-refractivity contribution is 5.64. The molecule has 0 unspecified atom stereocenters. The third kappa shape index (κ3) is 5.93. The molecule has 0 radical (unpaired) electrons. The van der Waals surface area contributed by atoms with Crippen LogP contribution in [0.15, 0.2) is 37.4 Å². The number of ether oxygens (including phenoxy) is 3. The Morgan fingerprint density at radius 2 is 1.67 bits per heavy atom. The first kappa shape index (κ1) is 20.1. The molecule has 1 aromatic carbocycles. The molecule has 1 aromatic rings. The Balaban J connectivity index is 0.000000891. The maximum Gasteiger partial charge on any atom is 0.143 e. The molecule has 0 aliphatic carbocycles. The van der Waals surface area contributed by atoms with Gasteiger partial charge in [0.15, 0.2) is 0 Å². The van der Waals surface area contributed by atoms with Crippen LogP contribution in [-0.2, 0) is 11.2 Å². The summed E-state index contributed by atoms with van der Waals surface area (Å²) >= 11 is 0. The Bertz CT molecular complexity index is 508. The van der Waals surface area contributed by atoms with Gasteiger partial charge in [0.1, 0.15) is 11.5 Å². The van der Waals surface area contributed by atoms with Gasteiger partial charge in [-0.15, -0.1) is 13.2 Å². The van der Waals surface area contributed by atoms with E-state index in [2.05, 4.69) is 30.2 Å². The van der Waals surface area contributed by atoms with Crippen molar-refractivity contribution in [3.8, 4) is 11.5 Å². The van der Waals surface area contributed by atoms with Crippen LogP contribution in [0.5, 0.6) is 11.5 Å². The summed E-state index contributed by atoms with van der Waals surface area (Å²) in [6.07, 6.45) is 4.42. The van der Waals surface area contributed by atoms with Crippen LogP contribution in [0.4, 0.5) is 5.69 Å². The maximum atomic E-state index is 5.84. The predicted molar refractivity (Wildman–Crippen MR) is 102 cm³/mol. The van der Waals surface area contributed by atoms with Crippen LogP contribution >= 0.6 is 0 Å². The third-order valence-electron chi connectivity index (χ3n) is 3.46. The first-order valence-corrected chi connectivity index (χ1v) is 8.64. The summed E-state index contributed by atoms with van der Waals surface area (Å²) in [4.78, 5) is 2.30. The highest BCUT2D eigenvalue weighted by Crippen LogP contribution is 2.36. The third-order valence-corrected chi connectivity index (χ3v) is 3.46. The minimum atomic E-state index is 0.652. The van der Waals surface area contributed by atoms with E-state index in [9.17, 15) is 0 Å². The molecule has 1 aliphatic rings. The van der Waals surface area contributed by atoms with Crippen molar-refractivity contribution in [3.05, 3.63) is 43.0 Å². The topological polar surface area (TPSA) is 30.9 Å². The van der Waals surface area contributed by atoms with E-state index in [-0.39, 0.29) is 0 Å². The molecule has 1 heterocycles. The Hall–Kier alpha value is -1.94. The number of rotatable bonds is 7. The molecule has 1 fully saturated rings. The maximum absolute atomic E-state index is 5.84. The van der Waals surface area contributed by atoms with Gasteiger partial charge in [-0.25, -0.2) is 0 Å². The predicted octanol–water partition coefficient (Wildman–Crippen LogP) is 4.24. The lowest BCUT2D eigenvalue weighted by Gasteiger charge is -2.31. The van der Waals surface area contributed by atoms with Crippen molar-refractivity contribution < 1.29 is 14.2 Å². The number of hydrogen-bond acceptors (Lipinski definition) is 4. The molecular formula is C20H31NO3. The molecule has 0 saturated carbocycles. The molecular weight excluding hydrogens is 302 g/mol. The minimum absolute atomic E-state index is 0.652. The molecule has 4 nitrogen and oxygen atoms in total. The number of anilines is 1. The Labute approximate surface area is 146 Å². The monoisotopic (exact) mass is 333 g/mol. The standard InChI is InChI=1S/C17H25NO3.C3H6/c1-4-7-14-12-17(21-6-3)15(13-16(14)20-5-2)18-8-10-19-11-9-18;1-3-2/h4,12-13H,1,5-11H2,2-3H3;3H,1H2,2H3. The van der Waals surface area contributed by atoms with Crippen molar-refractivity contribution in [2.75, 3.05) is 44.4 Å². The summed E-state index contributed by atoms with van der Waals surface area (Å²) in [6.45, 7) is 17.7. The fourth-order valence-electron chi connectivity index (χ4n) is 2.52. The van der Waals surface area contributed by atoms with Crippen molar-refractivity contribution in [1.82, 2.24) is 0 Å². The van der Waals surface area contributed by atoms with Crippen LogP contribution in [-0.4, -0.2) is 39.5 Å². The van der Waals surface area contributed by atoms with Crippen LogP contribution < -0.4 is 14.4 Å². The first-order chi connectivity index (χ1) is 11.7. The van der Waals surface area contributed by atoms with Crippen LogP contribution in [0, 0.1) is 0 Å². The molecule has 0 amide bonds. The van der Waals surface area contributed by atoms with E-state index in [4.69, 9.17) is 14.2 Å². The number of allylic oxidation sites excluding steroid dienone is 2. The largest absolute Gasteiger partial charge is 0.494 e. The van der Waals surface area contributed by atoms with E-state index >= 15 is 0 Å².